The van der Waals surface area contributed by atoms with Crippen LogP contribution in [0.15, 0.2) is 12.1 Å². The summed E-state index contributed by atoms with van der Waals surface area (Å²) in [6, 6.07) is 2.73. The maximum Gasteiger partial charge on any atom is 0.296 e. The van der Waals surface area contributed by atoms with Gasteiger partial charge in [-0.2, -0.15) is 0 Å². The number of amides is 1. The fourth-order valence-electron chi connectivity index (χ4n) is 2.53. The molecule has 2 aliphatic heterocycles. The molecule has 1 saturated heterocycles. The van der Waals surface area contributed by atoms with Gasteiger partial charge in [0.2, 0.25) is 0 Å². The van der Waals surface area contributed by atoms with Gasteiger partial charge in [-0.3, -0.25) is 9.59 Å². The smallest absolute Gasteiger partial charge is 0.296 e. The number of fused-ring (bicyclic) bond motifs is 1. The molecule has 94 valence electrons. The molecule has 0 bridgehead atoms. The third-order valence-electron chi connectivity index (χ3n) is 3.48. The Morgan fingerprint density at radius 1 is 1.11 bits per heavy atom. The molecule has 2 heterocycles. The van der Waals surface area contributed by atoms with Crippen LogP contribution in [-0.2, 0) is 4.79 Å². The molecule has 0 saturated carbocycles. The van der Waals surface area contributed by atoms with Gasteiger partial charge in [-0.05, 0) is 31.4 Å². The van der Waals surface area contributed by atoms with Crippen molar-refractivity contribution in [3.63, 3.8) is 0 Å². The second kappa shape index (κ2) is 4.08. The van der Waals surface area contributed by atoms with Gasteiger partial charge in [-0.25, -0.2) is 4.39 Å². The zero-order chi connectivity index (χ0) is 12.7. The molecule has 3 rings (SSSR count). The van der Waals surface area contributed by atoms with E-state index in [1.54, 1.807) is 6.07 Å². The molecular formula is C13H13FN2O2. The van der Waals surface area contributed by atoms with Crippen LogP contribution in [0.4, 0.5) is 15.8 Å². The predicted molar refractivity (Wildman–Crippen MR) is 65.4 cm³/mol. The molecule has 0 radical (unpaired) electrons. The third-order valence-corrected chi connectivity index (χ3v) is 3.48. The molecule has 0 unspecified atom stereocenters. The monoisotopic (exact) mass is 248 g/mol. The Balaban J connectivity index is 2.00. The summed E-state index contributed by atoms with van der Waals surface area (Å²) in [5, 5.41) is 2.47. The van der Waals surface area contributed by atoms with Crippen molar-refractivity contribution in [2.24, 2.45) is 0 Å². The van der Waals surface area contributed by atoms with Gasteiger partial charge < -0.3 is 10.2 Å². The van der Waals surface area contributed by atoms with E-state index in [4.69, 9.17) is 0 Å². The molecule has 5 heteroatoms. The number of rotatable bonds is 1. The molecule has 18 heavy (non-hydrogen) atoms. The standard InChI is InChI=1S/C13H13FN2O2/c14-9-6-8-10(15-13(18)12(8)17)7-11(9)16-4-2-1-3-5-16/h6-7H,1-5H2,(H,15,17,18). The van der Waals surface area contributed by atoms with Crippen LogP contribution in [0.1, 0.15) is 29.6 Å². The zero-order valence-corrected chi connectivity index (χ0v) is 9.83. The van der Waals surface area contributed by atoms with E-state index in [9.17, 15) is 14.0 Å². The number of Topliss-reactive ketones (excluding diaryl/α,β-unsaturated/α-hetero) is 1. The lowest BCUT2D eigenvalue weighted by atomic mass is 10.1. The summed E-state index contributed by atoms with van der Waals surface area (Å²) in [7, 11) is 0. The van der Waals surface area contributed by atoms with Crippen LogP contribution in [0.25, 0.3) is 0 Å². The molecule has 1 N–H and O–H groups in total. The fraction of sp³-hybridized carbons (Fsp3) is 0.385. The Hall–Kier alpha value is -1.91. The second-order valence-electron chi connectivity index (χ2n) is 4.68. The number of nitrogens with one attached hydrogen (secondary N) is 1. The summed E-state index contributed by atoms with van der Waals surface area (Å²) in [5.74, 6) is -1.77. The van der Waals surface area contributed by atoms with E-state index in [1.807, 2.05) is 4.90 Å². The van der Waals surface area contributed by atoms with E-state index in [2.05, 4.69) is 5.32 Å². The Morgan fingerprint density at radius 2 is 1.83 bits per heavy atom. The minimum atomic E-state index is -0.680. The quantitative estimate of drug-likeness (QED) is 0.773. The lowest BCUT2D eigenvalue weighted by molar-refractivity contribution is -0.112. The van der Waals surface area contributed by atoms with E-state index in [0.717, 1.165) is 32.4 Å². The van der Waals surface area contributed by atoms with Crippen molar-refractivity contribution < 1.29 is 14.0 Å². The van der Waals surface area contributed by atoms with Gasteiger partial charge in [0.05, 0.1) is 16.9 Å². The van der Waals surface area contributed by atoms with Crippen molar-refractivity contribution >= 4 is 23.1 Å². The SMILES string of the molecule is O=C1Nc2cc(N3CCCCC3)c(F)cc2C1=O. The van der Waals surface area contributed by atoms with Crippen LogP contribution in [-0.4, -0.2) is 24.8 Å². The van der Waals surface area contributed by atoms with E-state index >= 15 is 0 Å². The average molecular weight is 248 g/mol. The highest BCUT2D eigenvalue weighted by Crippen LogP contribution is 2.32. The van der Waals surface area contributed by atoms with E-state index < -0.39 is 17.5 Å². The van der Waals surface area contributed by atoms with Gasteiger partial charge in [0.25, 0.3) is 11.7 Å². The number of halogens is 1. The maximum atomic E-state index is 14.0. The Kier molecular flexibility index (Phi) is 2.54. The van der Waals surface area contributed by atoms with Gasteiger partial charge in [-0.15, -0.1) is 0 Å². The van der Waals surface area contributed by atoms with Crippen LogP contribution in [0.2, 0.25) is 0 Å². The first kappa shape index (κ1) is 11.2. The molecule has 1 aromatic carbocycles. The lowest BCUT2D eigenvalue weighted by Crippen LogP contribution is -2.30. The minimum Gasteiger partial charge on any atom is -0.369 e. The number of carbonyl (C=O) groups is 2. The largest absolute Gasteiger partial charge is 0.369 e. The first-order valence-electron chi connectivity index (χ1n) is 6.11. The minimum absolute atomic E-state index is 0.137. The molecule has 1 amide bonds. The van der Waals surface area contributed by atoms with Crippen molar-refractivity contribution in [2.45, 2.75) is 19.3 Å². The molecule has 4 nitrogen and oxygen atoms in total. The number of anilines is 2. The van der Waals surface area contributed by atoms with Crippen molar-refractivity contribution in [1.29, 1.82) is 0 Å². The number of hydrogen-bond acceptors (Lipinski definition) is 3. The summed E-state index contributed by atoms with van der Waals surface area (Å²) in [6.45, 7) is 1.63. The average Bonchev–Trinajstić information content (AvgIpc) is 2.66. The predicted octanol–water partition coefficient (Wildman–Crippen LogP) is 1.95. The van der Waals surface area contributed by atoms with E-state index in [-0.39, 0.29) is 5.56 Å². The Labute approximate surface area is 104 Å². The maximum absolute atomic E-state index is 14.0. The molecule has 2 aliphatic rings. The number of piperidine rings is 1. The molecule has 0 aromatic heterocycles. The highest BCUT2D eigenvalue weighted by atomic mass is 19.1. The highest BCUT2D eigenvalue weighted by Gasteiger charge is 2.30. The lowest BCUT2D eigenvalue weighted by Gasteiger charge is -2.29. The zero-order valence-electron chi connectivity index (χ0n) is 9.83. The van der Waals surface area contributed by atoms with Crippen LogP contribution < -0.4 is 10.2 Å². The van der Waals surface area contributed by atoms with Gasteiger partial charge >= 0.3 is 0 Å². The summed E-state index contributed by atoms with van der Waals surface area (Å²) >= 11 is 0. The van der Waals surface area contributed by atoms with Crippen LogP contribution in [0.3, 0.4) is 0 Å². The topological polar surface area (TPSA) is 49.4 Å². The molecule has 0 spiro atoms. The van der Waals surface area contributed by atoms with Crippen molar-refractivity contribution in [1.82, 2.24) is 0 Å². The Morgan fingerprint density at radius 3 is 2.56 bits per heavy atom. The number of nitrogens with zero attached hydrogens (tertiary/aromatic N) is 1. The Bertz CT molecular complexity index is 536. The molecule has 1 fully saturated rings. The fourth-order valence-corrected chi connectivity index (χ4v) is 2.53. The summed E-state index contributed by atoms with van der Waals surface area (Å²) < 4.78 is 14.0. The van der Waals surface area contributed by atoms with Gasteiger partial charge in [0.1, 0.15) is 5.82 Å². The number of hydrogen-bond donors (Lipinski definition) is 1. The highest BCUT2D eigenvalue weighted by molar-refractivity contribution is 6.51. The van der Waals surface area contributed by atoms with Gasteiger partial charge in [0.15, 0.2) is 0 Å². The molecule has 1 aromatic rings. The van der Waals surface area contributed by atoms with Crippen molar-refractivity contribution in [2.75, 3.05) is 23.3 Å². The summed E-state index contributed by atoms with van der Waals surface area (Å²) in [4.78, 5) is 24.6. The number of carbonyl (C=O) groups excluding carboxylic acids is 2. The van der Waals surface area contributed by atoms with Crippen molar-refractivity contribution in [3.05, 3.63) is 23.5 Å². The molecule has 0 atom stereocenters. The number of benzene rings is 1. The van der Waals surface area contributed by atoms with Crippen molar-refractivity contribution in [3.8, 4) is 0 Å². The van der Waals surface area contributed by atoms with Gasteiger partial charge in [0, 0.05) is 13.1 Å². The van der Waals surface area contributed by atoms with Gasteiger partial charge in [-0.1, -0.05) is 0 Å². The third kappa shape index (κ3) is 1.66. The first-order valence-corrected chi connectivity index (χ1v) is 6.11. The first-order chi connectivity index (χ1) is 8.66. The van der Waals surface area contributed by atoms with Crippen LogP contribution >= 0.6 is 0 Å². The van der Waals surface area contributed by atoms with E-state index in [1.165, 1.54) is 6.07 Å². The summed E-state index contributed by atoms with van der Waals surface area (Å²) in [5.41, 5.74) is 1.04. The normalized spacial score (nSPS) is 18.8. The van der Waals surface area contributed by atoms with E-state index in [0.29, 0.717) is 11.4 Å². The molecular weight excluding hydrogens is 235 g/mol. The van der Waals surface area contributed by atoms with Crippen LogP contribution in [0.5, 0.6) is 0 Å². The van der Waals surface area contributed by atoms with Crippen LogP contribution in [0, 0.1) is 5.82 Å². The molecule has 0 aliphatic carbocycles. The summed E-state index contributed by atoms with van der Waals surface area (Å²) in [6.07, 6.45) is 3.25. The second-order valence-corrected chi connectivity index (χ2v) is 4.68. The number of ketones is 1.